The highest BCUT2D eigenvalue weighted by Gasteiger charge is 2.34. The number of nitrogens with zero attached hydrogens (tertiary/aromatic N) is 2. The molecule has 0 aliphatic rings. The monoisotopic (exact) mass is 539 g/mol. The van der Waals surface area contributed by atoms with Crippen molar-refractivity contribution in [3.05, 3.63) is 102 Å². The number of rotatable bonds is 10. The molecule has 0 aromatic heterocycles. The maximum Gasteiger partial charge on any atom is 0.244 e. The van der Waals surface area contributed by atoms with Crippen LogP contribution in [-0.2, 0) is 32.6 Å². The first-order chi connectivity index (χ1) is 17.8. The molecule has 0 saturated heterocycles. The molecule has 2 amide bonds. The Hall–Kier alpha value is -3.72. The van der Waals surface area contributed by atoms with E-state index >= 15 is 0 Å². The molecule has 1 N–H and O–H groups in total. The molecule has 3 rings (SSSR count). The molecule has 0 radical (unpaired) electrons. The summed E-state index contributed by atoms with van der Waals surface area (Å²) in [7, 11) is -3.82. The SMILES string of the molecule is CC(C)(C)NC(=O)[C@@H](Cc1ccccc1)N(Cc1ccc(F)cc1)C(=O)CN(c1ccccc1)S(C)(=O)=O. The minimum Gasteiger partial charge on any atom is -0.350 e. The number of benzene rings is 3. The van der Waals surface area contributed by atoms with Crippen LogP contribution in [0.3, 0.4) is 0 Å². The molecule has 3 aromatic carbocycles. The minimum absolute atomic E-state index is 0.0133. The Morgan fingerprint density at radius 3 is 1.95 bits per heavy atom. The fraction of sp³-hybridized carbons (Fsp3) is 0.310. The van der Waals surface area contributed by atoms with Gasteiger partial charge in [0.15, 0.2) is 0 Å². The first kappa shape index (κ1) is 28.8. The lowest BCUT2D eigenvalue weighted by Gasteiger charge is -2.35. The van der Waals surface area contributed by atoms with Gasteiger partial charge < -0.3 is 10.2 Å². The fourth-order valence-electron chi connectivity index (χ4n) is 4.00. The van der Waals surface area contributed by atoms with Crippen LogP contribution in [0.25, 0.3) is 0 Å². The number of sulfonamides is 1. The van der Waals surface area contributed by atoms with Crippen molar-refractivity contribution >= 4 is 27.5 Å². The Morgan fingerprint density at radius 2 is 1.42 bits per heavy atom. The predicted molar refractivity (Wildman–Crippen MR) is 147 cm³/mol. The highest BCUT2D eigenvalue weighted by molar-refractivity contribution is 7.92. The van der Waals surface area contributed by atoms with Crippen molar-refractivity contribution in [2.24, 2.45) is 0 Å². The van der Waals surface area contributed by atoms with Crippen LogP contribution in [-0.4, -0.2) is 49.5 Å². The highest BCUT2D eigenvalue weighted by atomic mass is 32.2. The third kappa shape index (κ3) is 8.41. The number of anilines is 1. The third-order valence-electron chi connectivity index (χ3n) is 5.76. The zero-order valence-electron chi connectivity index (χ0n) is 22.1. The van der Waals surface area contributed by atoms with Crippen LogP contribution in [0.2, 0.25) is 0 Å². The molecule has 0 unspecified atom stereocenters. The molecule has 7 nitrogen and oxygen atoms in total. The molecule has 202 valence electrons. The van der Waals surface area contributed by atoms with Gasteiger partial charge in [-0.3, -0.25) is 13.9 Å². The normalized spacial score (nSPS) is 12.4. The van der Waals surface area contributed by atoms with Gasteiger partial charge in [0.05, 0.1) is 11.9 Å². The summed E-state index contributed by atoms with van der Waals surface area (Å²) in [6, 6.07) is 22.3. The van der Waals surface area contributed by atoms with Crippen molar-refractivity contribution in [3.8, 4) is 0 Å². The quantitative estimate of drug-likeness (QED) is 0.420. The smallest absolute Gasteiger partial charge is 0.244 e. The Balaban J connectivity index is 2.05. The molecule has 9 heteroatoms. The average Bonchev–Trinajstić information content (AvgIpc) is 2.85. The van der Waals surface area contributed by atoms with Gasteiger partial charge in [-0.25, -0.2) is 12.8 Å². The van der Waals surface area contributed by atoms with E-state index in [4.69, 9.17) is 0 Å². The van der Waals surface area contributed by atoms with Crippen LogP contribution in [0.15, 0.2) is 84.9 Å². The standard InChI is InChI=1S/C29H34FN3O4S/c1-29(2,3)31-28(35)26(19-22-11-7-5-8-12-22)32(20-23-15-17-24(30)18-16-23)27(34)21-33(38(4,36)37)25-13-9-6-10-14-25/h5-18,26H,19-21H2,1-4H3,(H,31,35)/t26-/m1/s1. The Kier molecular flexibility index (Phi) is 9.27. The van der Waals surface area contributed by atoms with Crippen molar-refractivity contribution in [1.82, 2.24) is 10.2 Å². The summed E-state index contributed by atoms with van der Waals surface area (Å²) in [5.74, 6) is -1.36. The van der Waals surface area contributed by atoms with E-state index in [-0.39, 0.29) is 18.9 Å². The molecule has 0 aliphatic heterocycles. The molecule has 1 atom stereocenters. The lowest BCUT2D eigenvalue weighted by Crippen LogP contribution is -2.56. The predicted octanol–water partition coefficient (Wildman–Crippen LogP) is 4.15. The van der Waals surface area contributed by atoms with Crippen LogP contribution < -0.4 is 9.62 Å². The van der Waals surface area contributed by atoms with Gasteiger partial charge in [0.2, 0.25) is 21.8 Å². The summed E-state index contributed by atoms with van der Waals surface area (Å²) in [6.07, 6.45) is 1.24. The summed E-state index contributed by atoms with van der Waals surface area (Å²) in [5, 5.41) is 2.96. The molecule has 0 bridgehead atoms. The van der Waals surface area contributed by atoms with Gasteiger partial charge in [-0.15, -0.1) is 0 Å². The highest BCUT2D eigenvalue weighted by Crippen LogP contribution is 2.20. The van der Waals surface area contributed by atoms with E-state index in [1.54, 1.807) is 42.5 Å². The van der Waals surface area contributed by atoms with E-state index in [2.05, 4.69) is 5.32 Å². The van der Waals surface area contributed by atoms with Crippen molar-refractivity contribution in [1.29, 1.82) is 0 Å². The van der Waals surface area contributed by atoms with Crippen LogP contribution >= 0.6 is 0 Å². The molecule has 0 aliphatic carbocycles. The number of nitrogens with one attached hydrogen (secondary N) is 1. The van der Waals surface area contributed by atoms with E-state index in [0.29, 0.717) is 11.3 Å². The molecule has 0 saturated carbocycles. The van der Waals surface area contributed by atoms with Crippen molar-refractivity contribution in [2.75, 3.05) is 17.1 Å². The molecule has 0 spiro atoms. The van der Waals surface area contributed by atoms with Crippen LogP contribution in [0.1, 0.15) is 31.9 Å². The lowest BCUT2D eigenvalue weighted by molar-refractivity contribution is -0.140. The summed E-state index contributed by atoms with van der Waals surface area (Å²) >= 11 is 0. The molecular formula is C29H34FN3O4S. The number of hydrogen-bond donors (Lipinski definition) is 1. The van der Waals surface area contributed by atoms with Crippen LogP contribution in [0.4, 0.5) is 10.1 Å². The second-order valence-electron chi connectivity index (χ2n) is 10.2. The third-order valence-corrected chi connectivity index (χ3v) is 6.90. The number of hydrogen-bond acceptors (Lipinski definition) is 4. The average molecular weight is 540 g/mol. The van der Waals surface area contributed by atoms with E-state index in [9.17, 15) is 22.4 Å². The summed E-state index contributed by atoms with van der Waals surface area (Å²) < 4.78 is 40.0. The van der Waals surface area contributed by atoms with Crippen molar-refractivity contribution in [2.45, 2.75) is 45.3 Å². The lowest BCUT2D eigenvalue weighted by atomic mass is 10.0. The number of carbonyl (C=O) groups is 2. The van der Waals surface area contributed by atoms with Gasteiger partial charge >= 0.3 is 0 Å². The first-order valence-electron chi connectivity index (χ1n) is 12.3. The zero-order chi connectivity index (χ0) is 27.9. The summed E-state index contributed by atoms with van der Waals surface area (Å²) in [6.45, 7) is 5.02. The zero-order valence-corrected chi connectivity index (χ0v) is 22.9. The Bertz CT molecular complexity index is 1330. The Labute approximate surface area is 224 Å². The van der Waals surface area contributed by atoms with Crippen molar-refractivity contribution in [3.63, 3.8) is 0 Å². The fourth-order valence-corrected chi connectivity index (χ4v) is 4.85. The van der Waals surface area contributed by atoms with Crippen LogP contribution in [0, 0.1) is 5.82 Å². The van der Waals surface area contributed by atoms with Crippen molar-refractivity contribution < 1.29 is 22.4 Å². The minimum atomic E-state index is -3.82. The number of halogens is 1. The molecule has 38 heavy (non-hydrogen) atoms. The molecular weight excluding hydrogens is 505 g/mol. The van der Waals surface area contributed by atoms with Gasteiger partial charge in [0.1, 0.15) is 18.4 Å². The Morgan fingerprint density at radius 1 is 0.868 bits per heavy atom. The topological polar surface area (TPSA) is 86.8 Å². The van der Waals surface area contributed by atoms with Gasteiger partial charge in [-0.2, -0.15) is 0 Å². The largest absolute Gasteiger partial charge is 0.350 e. The maximum atomic E-state index is 13.9. The van der Waals surface area contributed by atoms with Gasteiger partial charge in [-0.1, -0.05) is 60.7 Å². The van der Waals surface area contributed by atoms with E-state index in [0.717, 1.165) is 16.1 Å². The number of para-hydroxylation sites is 1. The van der Waals surface area contributed by atoms with E-state index in [1.807, 2.05) is 51.1 Å². The van der Waals surface area contributed by atoms with E-state index in [1.165, 1.54) is 17.0 Å². The van der Waals surface area contributed by atoms with Gasteiger partial charge in [0, 0.05) is 18.5 Å². The van der Waals surface area contributed by atoms with Gasteiger partial charge in [0.25, 0.3) is 0 Å². The molecule has 0 heterocycles. The molecule has 0 fully saturated rings. The molecule has 3 aromatic rings. The maximum absolute atomic E-state index is 13.9. The first-order valence-corrected chi connectivity index (χ1v) is 14.1. The van der Waals surface area contributed by atoms with E-state index < -0.39 is 39.9 Å². The van der Waals surface area contributed by atoms with Gasteiger partial charge in [-0.05, 0) is 56.2 Å². The number of carbonyl (C=O) groups excluding carboxylic acids is 2. The summed E-state index contributed by atoms with van der Waals surface area (Å²) in [4.78, 5) is 28.9. The summed E-state index contributed by atoms with van der Waals surface area (Å²) in [5.41, 5.74) is 1.21. The second-order valence-corrected chi connectivity index (χ2v) is 12.1. The van der Waals surface area contributed by atoms with Crippen LogP contribution in [0.5, 0.6) is 0 Å². The number of amides is 2. The second kappa shape index (κ2) is 12.2.